The molecular formula is C24H20N2O11. The van der Waals surface area contributed by atoms with Crippen molar-refractivity contribution in [1.82, 2.24) is 0 Å². The fraction of sp³-hybridized carbons (Fsp3) is 0.250. The molecule has 0 amide bonds. The Labute approximate surface area is 209 Å². The molecule has 0 heterocycles. The predicted octanol–water partition coefficient (Wildman–Crippen LogP) is 1.74. The lowest BCUT2D eigenvalue weighted by Crippen LogP contribution is -2.20. The molecule has 0 unspecified atom stereocenters. The van der Waals surface area contributed by atoms with Gasteiger partial charge in [0.2, 0.25) is 12.2 Å². The molecular weight excluding hydrogens is 492 g/mol. The van der Waals surface area contributed by atoms with E-state index in [0.29, 0.717) is 11.4 Å². The molecule has 0 saturated carbocycles. The summed E-state index contributed by atoms with van der Waals surface area (Å²) in [6, 6.07) is 11.2. The molecule has 192 valence electrons. The minimum Gasteiger partial charge on any atom is -0.461 e. The monoisotopic (exact) mass is 512 g/mol. The Morgan fingerprint density at radius 2 is 0.946 bits per heavy atom. The molecule has 0 aliphatic carbocycles. The summed E-state index contributed by atoms with van der Waals surface area (Å²) in [7, 11) is 0. The van der Waals surface area contributed by atoms with E-state index in [1.165, 1.54) is 60.7 Å². The zero-order valence-electron chi connectivity index (χ0n) is 19.2. The average molecular weight is 512 g/mol. The van der Waals surface area contributed by atoms with E-state index in [1.54, 1.807) is 0 Å². The molecule has 0 N–H and O–H groups in total. The van der Waals surface area contributed by atoms with Crippen LogP contribution in [-0.4, -0.2) is 75.7 Å². The van der Waals surface area contributed by atoms with E-state index in [1.807, 2.05) is 0 Å². The standard InChI is InChI=1S/C24H20N2O11/c27-15-25-19-5-1-17(2-6-19)23(31)36-13-21(29)34-11-9-33-10-12-35-22(30)14-37-24(32)18-3-7-20(8-4-18)26-16-28/h1-8H,9-14H2. The summed E-state index contributed by atoms with van der Waals surface area (Å²) in [5, 5.41) is 0. The first kappa shape index (κ1) is 28.3. The second-order valence-corrected chi connectivity index (χ2v) is 6.71. The fourth-order valence-electron chi connectivity index (χ4n) is 2.48. The second kappa shape index (κ2) is 15.8. The van der Waals surface area contributed by atoms with Crippen molar-refractivity contribution in [3.05, 3.63) is 59.7 Å². The van der Waals surface area contributed by atoms with Gasteiger partial charge in [-0.05, 0) is 48.5 Å². The van der Waals surface area contributed by atoms with Gasteiger partial charge in [-0.1, -0.05) is 0 Å². The van der Waals surface area contributed by atoms with Gasteiger partial charge in [-0.2, -0.15) is 9.98 Å². The molecule has 2 rings (SSSR count). The number of benzene rings is 2. The van der Waals surface area contributed by atoms with Gasteiger partial charge in [0.05, 0.1) is 35.7 Å². The SMILES string of the molecule is O=C=Nc1ccc(C(=O)OCC(=O)OCCOCCOC(=O)COC(=O)c2ccc(N=C=O)cc2)cc1. The van der Waals surface area contributed by atoms with Gasteiger partial charge in [0.15, 0.2) is 13.2 Å². The molecule has 13 heteroatoms. The smallest absolute Gasteiger partial charge is 0.344 e. The Kier molecular flexibility index (Phi) is 12.1. The number of aliphatic imine (C=N–C) groups is 2. The summed E-state index contributed by atoms with van der Waals surface area (Å²) < 4.78 is 24.5. The maximum atomic E-state index is 11.9. The fourth-order valence-corrected chi connectivity index (χ4v) is 2.48. The van der Waals surface area contributed by atoms with Crippen LogP contribution in [0.3, 0.4) is 0 Å². The van der Waals surface area contributed by atoms with Crippen molar-refractivity contribution in [3.8, 4) is 0 Å². The molecule has 0 spiro atoms. The van der Waals surface area contributed by atoms with E-state index in [0.717, 1.165) is 0 Å². The third-order valence-electron chi connectivity index (χ3n) is 4.18. The van der Waals surface area contributed by atoms with Crippen LogP contribution < -0.4 is 0 Å². The number of esters is 4. The molecule has 0 aliphatic rings. The van der Waals surface area contributed by atoms with Crippen LogP contribution >= 0.6 is 0 Å². The Hall–Kier alpha value is -4.96. The summed E-state index contributed by atoms with van der Waals surface area (Å²) in [6.45, 7) is -1.49. The van der Waals surface area contributed by atoms with Gasteiger partial charge in [0, 0.05) is 0 Å². The highest BCUT2D eigenvalue weighted by molar-refractivity contribution is 5.91. The number of rotatable bonds is 14. The van der Waals surface area contributed by atoms with E-state index in [2.05, 4.69) is 9.98 Å². The minimum absolute atomic E-state index is 0.00488. The van der Waals surface area contributed by atoms with Crippen LogP contribution in [0.2, 0.25) is 0 Å². The summed E-state index contributed by atoms with van der Waals surface area (Å²) in [5.41, 5.74) is 0.946. The maximum Gasteiger partial charge on any atom is 0.344 e. The van der Waals surface area contributed by atoms with Crippen molar-refractivity contribution in [3.63, 3.8) is 0 Å². The Morgan fingerprint density at radius 3 is 1.30 bits per heavy atom. The zero-order chi connectivity index (χ0) is 26.9. The van der Waals surface area contributed by atoms with Crippen molar-refractivity contribution in [2.75, 3.05) is 39.6 Å². The van der Waals surface area contributed by atoms with Crippen LogP contribution in [0.5, 0.6) is 0 Å². The highest BCUT2D eigenvalue weighted by atomic mass is 16.6. The number of isocyanates is 2. The first-order chi connectivity index (χ1) is 17.9. The predicted molar refractivity (Wildman–Crippen MR) is 122 cm³/mol. The number of ether oxygens (including phenoxy) is 5. The molecule has 0 fully saturated rings. The van der Waals surface area contributed by atoms with Gasteiger partial charge in [0.1, 0.15) is 13.2 Å². The van der Waals surface area contributed by atoms with Crippen LogP contribution in [-0.2, 0) is 42.9 Å². The molecule has 0 saturated heterocycles. The van der Waals surface area contributed by atoms with Gasteiger partial charge in [-0.15, -0.1) is 0 Å². The lowest BCUT2D eigenvalue weighted by atomic mass is 10.2. The normalized spacial score (nSPS) is 9.73. The van der Waals surface area contributed by atoms with Crippen molar-refractivity contribution in [1.29, 1.82) is 0 Å². The Bertz CT molecular complexity index is 1090. The quantitative estimate of drug-likeness (QED) is 0.119. The Balaban J connectivity index is 1.51. The largest absolute Gasteiger partial charge is 0.461 e. The lowest BCUT2D eigenvalue weighted by Gasteiger charge is -2.08. The van der Waals surface area contributed by atoms with Crippen LogP contribution in [0.4, 0.5) is 11.4 Å². The number of hydrogen-bond donors (Lipinski definition) is 0. The molecule has 37 heavy (non-hydrogen) atoms. The van der Waals surface area contributed by atoms with Crippen molar-refractivity contribution >= 4 is 47.4 Å². The van der Waals surface area contributed by atoms with Gasteiger partial charge < -0.3 is 23.7 Å². The number of nitrogens with zero attached hydrogens (tertiary/aromatic N) is 2. The summed E-state index contributed by atoms with van der Waals surface area (Å²) >= 11 is 0. The van der Waals surface area contributed by atoms with Crippen molar-refractivity contribution < 1.29 is 52.5 Å². The van der Waals surface area contributed by atoms with Crippen LogP contribution in [0.15, 0.2) is 58.5 Å². The van der Waals surface area contributed by atoms with Crippen molar-refractivity contribution in [2.24, 2.45) is 9.98 Å². The maximum absolute atomic E-state index is 11.9. The van der Waals surface area contributed by atoms with E-state index in [4.69, 9.17) is 23.7 Å². The summed E-state index contributed by atoms with van der Waals surface area (Å²) in [5.74, 6) is -3.11. The molecule has 13 nitrogen and oxygen atoms in total. The van der Waals surface area contributed by atoms with Gasteiger partial charge >= 0.3 is 23.9 Å². The van der Waals surface area contributed by atoms with E-state index in [9.17, 15) is 28.8 Å². The molecule has 0 radical (unpaired) electrons. The van der Waals surface area contributed by atoms with Crippen LogP contribution in [0, 0.1) is 0 Å². The number of carbonyl (C=O) groups excluding carboxylic acids is 6. The topological polar surface area (TPSA) is 173 Å². The second-order valence-electron chi connectivity index (χ2n) is 6.71. The lowest BCUT2D eigenvalue weighted by molar-refractivity contribution is -0.150. The van der Waals surface area contributed by atoms with E-state index < -0.39 is 37.1 Å². The van der Waals surface area contributed by atoms with Crippen LogP contribution in [0.25, 0.3) is 0 Å². The first-order valence-corrected chi connectivity index (χ1v) is 10.5. The third-order valence-corrected chi connectivity index (χ3v) is 4.18. The van der Waals surface area contributed by atoms with Crippen LogP contribution in [0.1, 0.15) is 20.7 Å². The number of hydrogen-bond acceptors (Lipinski definition) is 13. The highest BCUT2D eigenvalue weighted by Crippen LogP contribution is 2.13. The van der Waals surface area contributed by atoms with Gasteiger partial charge in [-0.25, -0.2) is 28.8 Å². The third kappa shape index (κ3) is 10.9. The molecule has 0 aromatic heterocycles. The Morgan fingerprint density at radius 1 is 0.568 bits per heavy atom. The minimum atomic E-state index is -0.793. The highest BCUT2D eigenvalue weighted by Gasteiger charge is 2.12. The van der Waals surface area contributed by atoms with Gasteiger partial charge in [0.25, 0.3) is 0 Å². The molecule has 0 bridgehead atoms. The molecule has 2 aromatic rings. The first-order valence-electron chi connectivity index (χ1n) is 10.5. The molecule has 0 atom stereocenters. The zero-order valence-corrected chi connectivity index (χ0v) is 19.2. The molecule has 2 aromatic carbocycles. The van der Waals surface area contributed by atoms with Gasteiger partial charge in [-0.3, -0.25) is 0 Å². The van der Waals surface area contributed by atoms with E-state index in [-0.39, 0.29) is 37.6 Å². The number of carbonyl (C=O) groups is 4. The summed E-state index contributed by atoms with van der Waals surface area (Å²) in [4.78, 5) is 74.1. The van der Waals surface area contributed by atoms with Crippen molar-refractivity contribution in [2.45, 2.75) is 0 Å². The molecule has 0 aliphatic heterocycles. The summed E-state index contributed by atoms with van der Waals surface area (Å²) in [6.07, 6.45) is 2.74. The van der Waals surface area contributed by atoms with E-state index >= 15 is 0 Å². The average Bonchev–Trinajstić information content (AvgIpc) is 2.91.